The third-order valence-corrected chi connectivity index (χ3v) is 9.33. The van der Waals surface area contributed by atoms with Gasteiger partial charge in [0.1, 0.15) is 5.60 Å². The molecule has 3 aromatic rings. The Hall–Kier alpha value is -3.44. The Bertz CT molecular complexity index is 1560. The van der Waals surface area contributed by atoms with Crippen LogP contribution in [0.15, 0.2) is 82.6 Å². The number of amides is 2. The summed E-state index contributed by atoms with van der Waals surface area (Å²) in [5.74, 6) is -0.265. The first-order valence-corrected chi connectivity index (χ1v) is 16.4. The summed E-state index contributed by atoms with van der Waals surface area (Å²) < 4.78 is 32.4. The van der Waals surface area contributed by atoms with Crippen LogP contribution < -0.4 is 0 Å². The van der Waals surface area contributed by atoms with E-state index in [1.54, 1.807) is 74.2 Å². The molecule has 11 heteroatoms. The first-order valence-electron chi connectivity index (χ1n) is 14.6. The molecule has 1 heterocycles. The van der Waals surface area contributed by atoms with E-state index >= 15 is 0 Å². The van der Waals surface area contributed by atoms with E-state index in [1.165, 1.54) is 29.2 Å². The molecule has 9 nitrogen and oxygen atoms in total. The molecule has 1 aliphatic rings. The van der Waals surface area contributed by atoms with Crippen LogP contribution >= 0.6 is 11.6 Å². The number of aliphatic hydroxyl groups is 2. The van der Waals surface area contributed by atoms with E-state index in [4.69, 9.17) is 16.3 Å². The number of benzene rings is 3. The van der Waals surface area contributed by atoms with Gasteiger partial charge in [-0.05, 0) is 93.6 Å². The number of carbonyl (C=O) groups excluding carboxylic acids is 2. The Morgan fingerprint density at radius 1 is 1.00 bits per heavy atom. The second kappa shape index (κ2) is 14.1. The molecular weight excluding hydrogens is 604 g/mol. The Morgan fingerprint density at radius 2 is 1.66 bits per heavy atom. The van der Waals surface area contributed by atoms with Crippen LogP contribution in [0.1, 0.15) is 61.2 Å². The number of likely N-dealkylation sites (tertiary alicyclic amines) is 1. The van der Waals surface area contributed by atoms with Crippen LogP contribution in [0, 0.1) is 0 Å². The second-order valence-electron chi connectivity index (χ2n) is 11.9. The monoisotopic (exact) mass is 642 g/mol. The highest BCUT2D eigenvalue weighted by Gasteiger charge is 2.26. The smallest absolute Gasteiger partial charge is 0.410 e. The summed E-state index contributed by atoms with van der Waals surface area (Å²) >= 11 is 6.07. The van der Waals surface area contributed by atoms with Crippen LogP contribution in [0.5, 0.6) is 0 Å². The molecule has 4 rings (SSSR count). The summed E-state index contributed by atoms with van der Waals surface area (Å²) in [6.07, 6.45) is -0.612. The van der Waals surface area contributed by atoms with Gasteiger partial charge in [0.2, 0.25) is 9.84 Å². The lowest BCUT2D eigenvalue weighted by Gasteiger charge is -2.29. The maximum absolute atomic E-state index is 13.4. The number of ether oxygens (including phenoxy) is 1. The molecule has 0 saturated carbocycles. The molecule has 1 saturated heterocycles. The molecule has 0 spiro atoms. The fourth-order valence-corrected chi connectivity index (χ4v) is 6.40. The molecule has 2 N–H and O–H groups in total. The van der Waals surface area contributed by atoms with Gasteiger partial charge in [-0.2, -0.15) is 0 Å². The Morgan fingerprint density at radius 3 is 2.30 bits per heavy atom. The van der Waals surface area contributed by atoms with E-state index in [1.807, 2.05) is 0 Å². The standard InChI is InChI=1S/C33H39ClN2O7S/c1-33(2,3)43-32(40)36(22-30(38)24-6-4-8-26(34)20-24)17-14-23-10-12-28(13-11-23)44(41,42)29-9-5-7-25(21-29)31(39)35-18-15-27(37)16-19-35/h4-13,20-21,27,30,37-38H,14-19,22H2,1-3H3. The molecule has 0 aliphatic carbocycles. The van der Waals surface area contributed by atoms with Gasteiger partial charge < -0.3 is 24.7 Å². The molecule has 0 aromatic heterocycles. The molecule has 1 aliphatic heterocycles. The van der Waals surface area contributed by atoms with Gasteiger partial charge in [0.25, 0.3) is 5.91 Å². The Labute approximate surface area is 263 Å². The van der Waals surface area contributed by atoms with Crippen LogP contribution in [-0.4, -0.2) is 78.3 Å². The quantitative estimate of drug-likeness (QED) is 0.325. The fraction of sp³-hybridized carbons (Fsp3) is 0.394. The molecule has 0 bridgehead atoms. The van der Waals surface area contributed by atoms with E-state index in [2.05, 4.69) is 0 Å². The van der Waals surface area contributed by atoms with Gasteiger partial charge in [0, 0.05) is 30.2 Å². The fourth-order valence-electron chi connectivity index (χ4n) is 4.89. The normalized spacial score (nSPS) is 15.1. The first-order chi connectivity index (χ1) is 20.7. The van der Waals surface area contributed by atoms with Gasteiger partial charge in [-0.15, -0.1) is 0 Å². The summed E-state index contributed by atoms with van der Waals surface area (Å²) in [5.41, 5.74) is 0.901. The van der Waals surface area contributed by atoms with Crippen LogP contribution in [0.25, 0.3) is 0 Å². The van der Waals surface area contributed by atoms with E-state index in [0.717, 1.165) is 5.56 Å². The summed E-state index contributed by atoms with van der Waals surface area (Å²) in [5, 5.41) is 21.0. The second-order valence-corrected chi connectivity index (χ2v) is 14.3. The highest BCUT2D eigenvalue weighted by atomic mass is 35.5. The van der Waals surface area contributed by atoms with Gasteiger partial charge in [-0.3, -0.25) is 4.79 Å². The van der Waals surface area contributed by atoms with Gasteiger partial charge in [0.15, 0.2) is 0 Å². The minimum Gasteiger partial charge on any atom is -0.444 e. The summed E-state index contributed by atoms with van der Waals surface area (Å²) in [6, 6.07) is 19.2. The highest BCUT2D eigenvalue weighted by Crippen LogP contribution is 2.25. The lowest BCUT2D eigenvalue weighted by atomic mass is 10.1. The summed E-state index contributed by atoms with van der Waals surface area (Å²) in [7, 11) is -3.91. The number of aliphatic hydroxyl groups excluding tert-OH is 2. The maximum atomic E-state index is 13.4. The number of nitrogens with zero attached hydrogens (tertiary/aromatic N) is 2. The number of hydrogen-bond donors (Lipinski definition) is 2. The predicted molar refractivity (Wildman–Crippen MR) is 167 cm³/mol. The number of sulfone groups is 1. The van der Waals surface area contributed by atoms with Crippen molar-refractivity contribution in [1.82, 2.24) is 9.80 Å². The van der Waals surface area contributed by atoms with Crippen molar-refractivity contribution < 1.29 is 33.0 Å². The molecule has 3 aromatic carbocycles. The van der Waals surface area contributed by atoms with Crippen molar-refractivity contribution in [1.29, 1.82) is 0 Å². The lowest BCUT2D eigenvalue weighted by Crippen LogP contribution is -2.40. The van der Waals surface area contributed by atoms with Gasteiger partial charge >= 0.3 is 6.09 Å². The van der Waals surface area contributed by atoms with E-state index in [9.17, 15) is 28.2 Å². The van der Waals surface area contributed by atoms with Crippen LogP contribution in [0.4, 0.5) is 4.79 Å². The SMILES string of the molecule is CC(C)(C)OC(=O)N(CCc1ccc(S(=O)(=O)c2cccc(C(=O)N3CCC(O)CC3)c2)cc1)CC(O)c1cccc(Cl)c1. The molecular formula is C33H39ClN2O7S. The van der Waals surface area contributed by atoms with E-state index in [-0.39, 0.29) is 34.4 Å². The third kappa shape index (κ3) is 8.81. The topological polar surface area (TPSA) is 124 Å². The molecule has 0 radical (unpaired) electrons. The predicted octanol–water partition coefficient (Wildman–Crippen LogP) is 5.28. The van der Waals surface area contributed by atoms with Gasteiger partial charge in [-0.25, -0.2) is 13.2 Å². The molecule has 44 heavy (non-hydrogen) atoms. The van der Waals surface area contributed by atoms with Gasteiger partial charge in [0.05, 0.1) is 28.5 Å². The molecule has 2 amide bonds. The van der Waals surface area contributed by atoms with E-state index in [0.29, 0.717) is 42.9 Å². The molecule has 1 fully saturated rings. The first kappa shape index (κ1) is 33.5. The zero-order valence-corrected chi connectivity index (χ0v) is 26.7. The number of piperidine rings is 1. The van der Waals surface area contributed by atoms with Crippen LogP contribution in [0.3, 0.4) is 0 Å². The van der Waals surface area contributed by atoms with Crippen molar-refractivity contribution in [3.05, 3.63) is 94.5 Å². The average molecular weight is 643 g/mol. The molecule has 1 unspecified atom stereocenters. The summed E-state index contributed by atoms with van der Waals surface area (Å²) in [6.45, 7) is 6.33. The number of hydrogen-bond acceptors (Lipinski definition) is 7. The average Bonchev–Trinajstić information content (AvgIpc) is 2.98. The largest absolute Gasteiger partial charge is 0.444 e. The summed E-state index contributed by atoms with van der Waals surface area (Å²) in [4.78, 5) is 29.1. The zero-order valence-electron chi connectivity index (χ0n) is 25.1. The maximum Gasteiger partial charge on any atom is 0.410 e. The van der Waals surface area contributed by atoms with Gasteiger partial charge in [-0.1, -0.05) is 41.9 Å². The molecule has 236 valence electrons. The minimum atomic E-state index is -3.91. The lowest BCUT2D eigenvalue weighted by molar-refractivity contribution is 0.0147. The molecule has 1 atom stereocenters. The van der Waals surface area contributed by atoms with Crippen molar-refractivity contribution in [2.24, 2.45) is 0 Å². The number of halogens is 1. The highest BCUT2D eigenvalue weighted by molar-refractivity contribution is 7.91. The van der Waals surface area contributed by atoms with Crippen molar-refractivity contribution in [3.8, 4) is 0 Å². The number of rotatable bonds is 9. The van der Waals surface area contributed by atoms with Crippen molar-refractivity contribution >= 4 is 33.4 Å². The number of carbonyl (C=O) groups is 2. The van der Waals surface area contributed by atoms with Crippen molar-refractivity contribution in [3.63, 3.8) is 0 Å². The van der Waals surface area contributed by atoms with E-state index < -0.39 is 33.7 Å². The Balaban J connectivity index is 1.46. The van der Waals surface area contributed by atoms with Crippen LogP contribution in [-0.2, 0) is 21.0 Å². The Kier molecular flexibility index (Phi) is 10.7. The minimum absolute atomic E-state index is 0.0132. The third-order valence-electron chi connectivity index (χ3n) is 7.33. The zero-order chi connectivity index (χ0) is 32.1. The van der Waals surface area contributed by atoms with Crippen LogP contribution in [0.2, 0.25) is 5.02 Å². The van der Waals surface area contributed by atoms with Crippen molar-refractivity contribution in [2.45, 2.75) is 67.6 Å². The van der Waals surface area contributed by atoms with Crippen molar-refractivity contribution in [2.75, 3.05) is 26.2 Å².